The summed E-state index contributed by atoms with van der Waals surface area (Å²) in [6.07, 6.45) is 8.37. The second-order valence-corrected chi connectivity index (χ2v) is 6.70. The van der Waals surface area contributed by atoms with Crippen molar-refractivity contribution in [2.45, 2.75) is 83.0 Å². The molecule has 1 unspecified atom stereocenters. The van der Waals surface area contributed by atoms with Crippen LogP contribution < -0.4 is 0 Å². The van der Waals surface area contributed by atoms with Gasteiger partial charge < -0.3 is 20.4 Å². The molecule has 5 nitrogen and oxygen atoms in total. The van der Waals surface area contributed by atoms with Gasteiger partial charge in [-0.15, -0.1) is 0 Å². The van der Waals surface area contributed by atoms with Crippen LogP contribution in [0.25, 0.3) is 0 Å². The minimum atomic E-state index is -0.802. The molecule has 23 heavy (non-hydrogen) atoms. The predicted molar refractivity (Wildman–Crippen MR) is 89.0 cm³/mol. The molecule has 1 rings (SSSR count). The van der Waals surface area contributed by atoms with E-state index < -0.39 is 24.3 Å². The largest absolute Gasteiger partial charge is 0.481 e. The highest BCUT2D eigenvalue weighted by Crippen LogP contribution is 2.37. The molecule has 134 valence electrons. The molecular formula is C18H32O5. The maximum absolute atomic E-state index is 10.5. The zero-order valence-electron chi connectivity index (χ0n) is 14.1. The van der Waals surface area contributed by atoms with Crippen LogP contribution in [0.4, 0.5) is 0 Å². The standard InChI is InChI=1S/C18H32O5/c1-2-3-4-7-13(19)10-11-15-14(16(20)12-17(15)21)8-5-6-9-18(22)23/h10-11,13-17,19-21H,2-9,12H2,1H3,(H,22,23)/b11-10+/t13?,14-,15+,16-,17+/m1/s1. The van der Waals surface area contributed by atoms with Gasteiger partial charge >= 0.3 is 5.97 Å². The lowest BCUT2D eigenvalue weighted by Gasteiger charge is -2.21. The lowest BCUT2D eigenvalue weighted by Crippen LogP contribution is -2.21. The van der Waals surface area contributed by atoms with E-state index >= 15 is 0 Å². The minimum Gasteiger partial charge on any atom is -0.481 e. The van der Waals surface area contributed by atoms with Crippen molar-refractivity contribution in [2.75, 3.05) is 0 Å². The Morgan fingerprint density at radius 2 is 1.91 bits per heavy atom. The number of hydrogen-bond acceptors (Lipinski definition) is 4. The Hall–Kier alpha value is -0.910. The van der Waals surface area contributed by atoms with Crippen LogP contribution in [0.15, 0.2) is 12.2 Å². The summed E-state index contributed by atoms with van der Waals surface area (Å²) < 4.78 is 0. The third kappa shape index (κ3) is 7.46. The smallest absolute Gasteiger partial charge is 0.303 e. The van der Waals surface area contributed by atoms with Crippen LogP contribution in [0.1, 0.15) is 64.7 Å². The number of hydrogen-bond donors (Lipinski definition) is 4. The fourth-order valence-corrected chi connectivity index (χ4v) is 3.39. The quantitative estimate of drug-likeness (QED) is 0.345. The Kier molecular flexibility index (Phi) is 9.44. The van der Waals surface area contributed by atoms with Gasteiger partial charge in [-0.1, -0.05) is 44.8 Å². The van der Waals surface area contributed by atoms with Crippen molar-refractivity contribution >= 4 is 5.97 Å². The van der Waals surface area contributed by atoms with Crippen LogP contribution >= 0.6 is 0 Å². The molecule has 0 aromatic carbocycles. The van der Waals surface area contributed by atoms with E-state index in [-0.39, 0.29) is 18.3 Å². The van der Waals surface area contributed by atoms with Crippen LogP contribution in [0.3, 0.4) is 0 Å². The fraction of sp³-hybridized carbons (Fsp3) is 0.833. The first-order chi connectivity index (χ1) is 11.0. The number of aliphatic hydroxyl groups is 3. The van der Waals surface area contributed by atoms with E-state index in [2.05, 4.69) is 6.92 Å². The normalized spacial score (nSPS) is 29.2. The van der Waals surface area contributed by atoms with E-state index in [9.17, 15) is 20.1 Å². The van der Waals surface area contributed by atoms with E-state index in [1.165, 1.54) is 0 Å². The summed E-state index contributed by atoms with van der Waals surface area (Å²) in [5.74, 6) is -1.02. The summed E-state index contributed by atoms with van der Waals surface area (Å²) in [5.41, 5.74) is 0. The molecule has 4 N–H and O–H groups in total. The number of aliphatic carboxylic acids is 1. The van der Waals surface area contributed by atoms with Crippen molar-refractivity contribution in [1.29, 1.82) is 0 Å². The molecule has 5 heteroatoms. The van der Waals surface area contributed by atoms with Gasteiger partial charge in [0, 0.05) is 18.8 Å². The third-order valence-electron chi connectivity index (χ3n) is 4.75. The Morgan fingerprint density at radius 3 is 2.57 bits per heavy atom. The van der Waals surface area contributed by atoms with Crippen molar-refractivity contribution in [3.8, 4) is 0 Å². The average molecular weight is 328 g/mol. The van der Waals surface area contributed by atoms with Gasteiger partial charge in [-0.3, -0.25) is 4.79 Å². The van der Waals surface area contributed by atoms with Crippen molar-refractivity contribution in [2.24, 2.45) is 11.8 Å². The lowest BCUT2D eigenvalue weighted by atomic mass is 9.88. The van der Waals surface area contributed by atoms with Crippen molar-refractivity contribution in [1.82, 2.24) is 0 Å². The molecule has 1 fully saturated rings. The molecule has 0 amide bonds. The fourth-order valence-electron chi connectivity index (χ4n) is 3.39. The summed E-state index contributed by atoms with van der Waals surface area (Å²) in [6, 6.07) is 0. The zero-order valence-corrected chi connectivity index (χ0v) is 14.1. The molecule has 1 saturated carbocycles. The third-order valence-corrected chi connectivity index (χ3v) is 4.75. The summed E-state index contributed by atoms with van der Waals surface area (Å²) in [6.45, 7) is 2.12. The van der Waals surface area contributed by atoms with Crippen LogP contribution in [0.5, 0.6) is 0 Å². The van der Waals surface area contributed by atoms with E-state index in [1.807, 2.05) is 6.08 Å². The minimum absolute atomic E-state index is 0.0575. The van der Waals surface area contributed by atoms with Gasteiger partial charge in [0.2, 0.25) is 0 Å². The summed E-state index contributed by atoms with van der Waals surface area (Å²) >= 11 is 0. The molecule has 0 spiro atoms. The molecule has 1 aliphatic rings. The average Bonchev–Trinajstić information content (AvgIpc) is 2.75. The molecule has 1 aliphatic carbocycles. The maximum atomic E-state index is 10.5. The number of unbranched alkanes of at least 4 members (excludes halogenated alkanes) is 3. The van der Waals surface area contributed by atoms with Gasteiger partial charge in [-0.25, -0.2) is 0 Å². The maximum Gasteiger partial charge on any atom is 0.303 e. The second kappa shape index (κ2) is 10.8. The first-order valence-electron chi connectivity index (χ1n) is 8.90. The number of carbonyl (C=O) groups is 1. The molecule has 0 radical (unpaired) electrons. The van der Waals surface area contributed by atoms with Crippen LogP contribution in [-0.4, -0.2) is 44.7 Å². The van der Waals surface area contributed by atoms with Crippen molar-refractivity contribution < 1.29 is 25.2 Å². The van der Waals surface area contributed by atoms with Crippen LogP contribution in [0, 0.1) is 11.8 Å². The van der Waals surface area contributed by atoms with Gasteiger partial charge in [0.15, 0.2) is 0 Å². The first kappa shape index (κ1) is 20.1. The molecule has 0 bridgehead atoms. The highest BCUT2D eigenvalue weighted by atomic mass is 16.4. The molecular weight excluding hydrogens is 296 g/mol. The second-order valence-electron chi connectivity index (χ2n) is 6.70. The molecule has 0 aromatic rings. The predicted octanol–water partition coefficient (Wildman–Crippen LogP) is 2.49. The summed E-state index contributed by atoms with van der Waals surface area (Å²) in [7, 11) is 0. The number of rotatable bonds is 11. The molecule has 5 atom stereocenters. The monoisotopic (exact) mass is 328 g/mol. The Morgan fingerprint density at radius 1 is 1.17 bits per heavy atom. The summed E-state index contributed by atoms with van der Waals surface area (Å²) in [4.78, 5) is 10.5. The van der Waals surface area contributed by atoms with E-state index in [0.717, 1.165) is 32.1 Å². The number of carboxylic acid groups (broad SMARTS) is 1. The topological polar surface area (TPSA) is 98.0 Å². The summed E-state index contributed by atoms with van der Waals surface area (Å²) in [5, 5.41) is 38.8. The lowest BCUT2D eigenvalue weighted by molar-refractivity contribution is -0.137. The van der Waals surface area contributed by atoms with Gasteiger partial charge in [0.1, 0.15) is 0 Å². The Balaban J connectivity index is 2.46. The molecule has 0 aliphatic heterocycles. The Labute approximate surface area is 139 Å². The van der Waals surface area contributed by atoms with Gasteiger partial charge in [-0.05, 0) is 25.2 Å². The van der Waals surface area contributed by atoms with Crippen molar-refractivity contribution in [3.05, 3.63) is 12.2 Å². The Bertz CT molecular complexity index is 368. The van der Waals surface area contributed by atoms with Gasteiger partial charge in [0.25, 0.3) is 0 Å². The van der Waals surface area contributed by atoms with E-state index in [4.69, 9.17) is 5.11 Å². The molecule has 0 aromatic heterocycles. The molecule has 0 heterocycles. The number of carboxylic acids is 1. The highest BCUT2D eigenvalue weighted by Gasteiger charge is 2.39. The van der Waals surface area contributed by atoms with Crippen LogP contribution in [-0.2, 0) is 4.79 Å². The van der Waals surface area contributed by atoms with Gasteiger partial charge in [0.05, 0.1) is 18.3 Å². The highest BCUT2D eigenvalue weighted by molar-refractivity contribution is 5.66. The van der Waals surface area contributed by atoms with Crippen LogP contribution in [0.2, 0.25) is 0 Å². The van der Waals surface area contributed by atoms with E-state index in [0.29, 0.717) is 19.3 Å². The van der Waals surface area contributed by atoms with Crippen molar-refractivity contribution in [3.63, 3.8) is 0 Å². The first-order valence-corrected chi connectivity index (χ1v) is 8.90. The SMILES string of the molecule is CCCCCC(O)/C=C/[C@H]1[C@@H](CCCCC(=O)O)[C@H](O)C[C@@H]1O. The van der Waals surface area contributed by atoms with E-state index in [1.54, 1.807) is 6.08 Å². The van der Waals surface area contributed by atoms with Gasteiger partial charge in [-0.2, -0.15) is 0 Å². The number of aliphatic hydroxyl groups excluding tert-OH is 3. The zero-order chi connectivity index (χ0) is 17.2. The molecule has 0 saturated heterocycles.